The lowest BCUT2D eigenvalue weighted by molar-refractivity contribution is -0.122. The van der Waals surface area contributed by atoms with Gasteiger partial charge in [-0.25, -0.2) is 0 Å². The molecule has 0 aliphatic heterocycles. The zero-order valence-corrected chi connectivity index (χ0v) is 8.08. The number of fused-ring (bicyclic) bond motifs is 1. The minimum Gasteiger partial charge on any atom is -0.300 e. The number of rotatable bonds is 2. The van der Waals surface area contributed by atoms with Crippen molar-refractivity contribution in [1.82, 2.24) is 0 Å². The summed E-state index contributed by atoms with van der Waals surface area (Å²) in [6.45, 7) is 2.11. The lowest BCUT2D eigenvalue weighted by atomic mass is 9.88. The Morgan fingerprint density at radius 3 is 2.69 bits per heavy atom. The predicted molar refractivity (Wildman–Crippen MR) is 49.2 cm³/mol. The van der Waals surface area contributed by atoms with E-state index in [1.807, 2.05) is 0 Å². The van der Waals surface area contributed by atoms with Gasteiger partial charge in [-0.3, -0.25) is 9.59 Å². The Labute approximate surface area is 78.7 Å². The van der Waals surface area contributed by atoms with Crippen LogP contribution in [0.3, 0.4) is 0 Å². The molecule has 2 rings (SSSR count). The van der Waals surface area contributed by atoms with Crippen molar-refractivity contribution >= 4 is 11.6 Å². The van der Waals surface area contributed by atoms with Crippen LogP contribution >= 0.6 is 0 Å². The molecule has 0 bridgehead atoms. The molecule has 0 aromatic carbocycles. The molecule has 0 N–H and O–H groups in total. The molecule has 3 unspecified atom stereocenters. The third kappa shape index (κ3) is 1.43. The van der Waals surface area contributed by atoms with Gasteiger partial charge in [0, 0.05) is 25.2 Å². The topological polar surface area (TPSA) is 34.1 Å². The number of ketones is 2. The van der Waals surface area contributed by atoms with Gasteiger partial charge in [-0.1, -0.05) is 13.3 Å². The normalized spacial score (nSPS) is 38.4. The van der Waals surface area contributed by atoms with E-state index in [-0.39, 0.29) is 5.92 Å². The summed E-state index contributed by atoms with van der Waals surface area (Å²) in [6.07, 6.45) is 4.10. The molecule has 0 radical (unpaired) electrons. The van der Waals surface area contributed by atoms with Gasteiger partial charge >= 0.3 is 0 Å². The quantitative estimate of drug-likeness (QED) is 0.651. The van der Waals surface area contributed by atoms with Gasteiger partial charge < -0.3 is 0 Å². The van der Waals surface area contributed by atoms with Crippen LogP contribution in [0.25, 0.3) is 0 Å². The van der Waals surface area contributed by atoms with Crippen LogP contribution in [0.5, 0.6) is 0 Å². The first-order chi connectivity index (χ1) is 6.22. The zero-order valence-electron chi connectivity index (χ0n) is 8.08. The zero-order chi connectivity index (χ0) is 9.42. The molecule has 2 aliphatic rings. The van der Waals surface area contributed by atoms with E-state index in [0.717, 1.165) is 12.8 Å². The van der Waals surface area contributed by atoms with Crippen molar-refractivity contribution in [2.75, 3.05) is 0 Å². The lowest BCUT2D eigenvalue weighted by Gasteiger charge is -2.14. The summed E-state index contributed by atoms with van der Waals surface area (Å²) in [5, 5.41) is 0. The summed E-state index contributed by atoms with van der Waals surface area (Å²) in [4.78, 5) is 22.8. The molecule has 2 saturated carbocycles. The molecule has 0 heterocycles. The molecule has 0 aromatic rings. The Morgan fingerprint density at radius 2 is 2.00 bits per heavy atom. The van der Waals surface area contributed by atoms with Crippen molar-refractivity contribution in [1.29, 1.82) is 0 Å². The molecule has 2 nitrogen and oxygen atoms in total. The van der Waals surface area contributed by atoms with Gasteiger partial charge in [-0.05, 0) is 18.3 Å². The van der Waals surface area contributed by atoms with Gasteiger partial charge in [0.15, 0.2) is 0 Å². The first kappa shape index (κ1) is 8.92. The number of hydrogen-bond donors (Lipinski definition) is 0. The Kier molecular flexibility index (Phi) is 2.22. The fraction of sp³-hybridized carbons (Fsp3) is 0.818. The molecule has 72 valence electrons. The van der Waals surface area contributed by atoms with Gasteiger partial charge in [0.25, 0.3) is 0 Å². The first-order valence-corrected chi connectivity index (χ1v) is 5.26. The van der Waals surface area contributed by atoms with E-state index in [2.05, 4.69) is 6.92 Å². The van der Waals surface area contributed by atoms with E-state index in [0.29, 0.717) is 42.7 Å². The number of hydrogen-bond acceptors (Lipinski definition) is 2. The third-order valence-corrected chi connectivity index (χ3v) is 3.55. The summed E-state index contributed by atoms with van der Waals surface area (Å²) in [5.74, 6) is 1.85. The molecule has 0 spiro atoms. The van der Waals surface area contributed by atoms with Crippen LogP contribution in [0.2, 0.25) is 0 Å². The summed E-state index contributed by atoms with van der Waals surface area (Å²) in [7, 11) is 0. The van der Waals surface area contributed by atoms with Crippen LogP contribution in [0.15, 0.2) is 0 Å². The van der Waals surface area contributed by atoms with Crippen LogP contribution in [0.4, 0.5) is 0 Å². The van der Waals surface area contributed by atoms with Gasteiger partial charge in [0.1, 0.15) is 11.6 Å². The SMILES string of the molecule is CCCC1C(=O)CC2CC(=O)CC21. The molecule has 0 aromatic heterocycles. The maximum absolute atomic E-state index is 11.6. The highest BCUT2D eigenvalue weighted by atomic mass is 16.1. The highest BCUT2D eigenvalue weighted by Crippen LogP contribution is 2.45. The van der Waals surface area contributed by atoms with Gasteiger partial charge in [0.05, 0.1) is 0 Å². The van der Waals surface area contributed by atoms with Gasteiger partial charge in [-0.15, -0.1) is 0 Å². The minimum atomic E-state index is 0.224. The Bertz CT molecular complexity index is 244. The molecule has 2 aliphatic carbocycles. The first-order valence-electron chi connectivity index (χ1n) is 5.26. The fourth-order valence-electron chi connectivity index (χ4n) is 2.99. The summed E-state index contributed by atoms with van der Waals surface area (Å²) >= 11 is 0. The standard InChI is InChI=1S/C11H16O2/c1-2-3-9-10-6-8(12)4-7(10)5-11(9)13/h7,9-10H,2-6H2,1H3. The van der Waals surface area contributed by atoms with Crippen LogP contribution < -0.4 is 0 Å². The lowest BCUT2D eigenvalue weighted by Crippen LogP contribution is -2.15. The fourth-order valence-corrected chi connectivity index (χ4v) is 2.99. The average molecular weight is 180 g/mol. The van der Waals surface area contributed by atoms with Crippen LogP contribution in [0, 0.1) is 17.8 Å². The van der Waals surface area contributed by atoms with Crippen molar-refractivity contribution in [2.24, 2.45) is 17.8 Å². The van der Waals surface area contributed by atoms with E-state index in [4.69, 9.17) is 0 Å². The second-order valence-corrected chi connectivity index (χ2v) is 4.44. The van der Waals surface area contributed by atoms with E-state index < -0.39 is 0 Å². The van der Waals surface area contributed by atoms with Crippen LogP contribution in [0.1, 0.15) is 39.0 Å². The number of carbonyl (C=O) groups excluding carboxylic acids is 2. The summed E-state index contributed by atoms with van der Waals surface area (Å²) in [6, 6.07) is 0. The number of carbonyl (C=O) groups is 2. The number of Topliss-reactive ketones (excluding diaryl/α,β-unsaturated/α-hetero) is 2. The highest BCUT2D eigenvalue weighted by Gasteiger charge is 2.46. The van der Waals surface area contributed by atoms with E-state index in [1.54, 1.807) is 0 Å². The molecule has 3 atom stereocenters. The van der Waals surface area contributed by atoms with Crippen molar-refractivity contribution in [3.05, 3.63) is 0 Å². The van der Waals surface area contributed by atoms with Crippen molar-refractivity contribution in [2.45, 2.75) is 39.0 Å². The Morgan fingerprint density at radius 1 is 1.23 bits per heavy atom. The predicted octanol–water partition coefficient (Wildman–Crippen LogP) is 1.97. The van der Waals surface area contributed by atoms with Crippen LogP contribution in [-0.2, 0) is 9.59 Å². The van der Waals surface area contributed by atoms with Crippen LogP contribution in [-0.4, -0.2) is 11.6 Å². The van der Waals surface area contributed by atoms with Crippen molar-refractivity contribution < 1.29 is 9.59 Å². The van der Waals surface area contributed by atoms with E-state index in [1.165, 1.54) is 0 Å². The smallest absolute Gasteiger partial charge is 0.136 e. The molecule has 0 amide bonds. The molecule has 0 saturated heterocycles. The van der Waals surface area contributed by atoms with Crippen molar-refractivity contribution in [3.63, 3.8) is 0 Å². The average Bonchev–Trinajstić information content (AvgIpc) is 2.52. The monoisotopic (exact) mass is 180 g/mol. The van der Waals surface area contributed by atoms with Gasteiger partial charge in [0.2, 0.25) is 0 Å². The molecular weight excluding hydrogens is 164 g/mol. The molecular formula is C11H16O2. The second-order valence-electron chi connectivity index (χ2n) is 4.44. The molecule has 13 heavy (non-hydrogen) atoms. The molecule has 2 fully saturated rings. The molecule has 2 heteroatoms. The summed E-state index contributed by atoms with van der Waals surface area (Å²) < 4.78 is 0. The highest BCUT2D eigenvalue weighted by molar-refractivity contribution is 5.90. The second kappa shape index (κ2) is 3.24. The third-order valence-electron chi connectivity index (χ3n) is 3.55. The van der Waals surface area contributed by atoms with Crippen molar-refractivity contribution in [3.8, 4) is 0 Å². The van der Waals surface area contributed by atoms with E-state index in [9.17, 15) is 9.59 Å². The maximum atomic E-state index is 11.6. The largest absolute Gasteiger partial charge is 0.300 e. The maximum Gasteiger partial charge on any atom is 0.136 e. The van der Waals surface area contributed by atoms with Gasteiger partial charge in [-0.2, -0.15) is 0 Å². The Balaban J connectivity index is 2.10. The summed E-state index contributed by atoms with van der Waals surface area (Å²) in [5.41, 5.74) is 0. The van der Waals surface area contributed by atoms with E-state index >= 15 is 0 Å². The Hall–Kier alpha value is -0.660. The minimum absolute atomic E-state index is 0.224.